The van der Waals surface area contributed by atoms with Gasteiger partial charge in [-0.3, -0.25) is 4.79 Å². The fraction of sp³-hybridized carbons (Fsp3) is 0.462. The first-order valence-corrected chi connectivity index (χ1v) is 6.88. The molecule has 0 bridgehead atoms. The number of phenolic OH excluding ortho intramolecular Hbond substituents is 1. The topological polar surface area (TPSA) is 61.4 Å². The highest BCUT2D eigenvalue weighted by Gasteiger charge is 2.21. The highest BCUT2D eigenvalue weighted by atomic mass is 79.9. The average molecular weight is 313 g/mol. The van der Waals surface area contributed by atoms with Gasteiger partial charge in [0.25, 0.3) is 5.91 Å². The number of rotatable bonds is 2. The molecule has 1 aromatic rings. The van der Waals surface area contributed by atoms with E-state index in [2.05, 4.69) is 33.5 Å². The van der Waals surface area contributed by atoms with Gasteiger partial charge in [-0.2, -0.15) is 0 Å². The zero-order chi connectivity index (χ0) is 13.1. The minimum atomic E-state index is -0.215. The van der Waals surface area contributed by atoms with Gasteiger partial charge in [0, 0.05) is 16.6 Å². The Morgan fingerprint density at radius 3 is 3.06 bits per heavy atom. The highest BCUT2D eigenvalue weighted by Crippen LogP contribution is 2.22. The lowest BCUT2D eigenvalue weighted by Crippen LogP contribution is -2.46. The van der Waals surface area contributed by atoms with Gasteiger partial charge in [0.05, 0.1) is 5.56 Å². The fourth-order valence-electron chi connectivity index (χ4n) is 2.22. The molecule has 5 heteroatoms. The van der Waals surface area contributed by atoms with Crippen LogP contribution in [0.2, 0.25) is 0 Å². The molecule has 2 unspecified atom stereocenters. The Morgan fingerprint density at radius 2 is 2.33 bits per heavy atom. The van der Waals surface area contributed by atoms with Crippen LogP contribution in [0.4, 0.5) is 0 Å². The number of carbonyl (C=O) groups is 1. The van der Waals surface area contributed by atoms with E-state index in [1.54, 1.807) is 12.1 Å². The molecule has 1 saturated heterocycles. The number of piperidine rings is 1. The van der Waals surface area contributed by atoms with Gasteiger partial charge in [0.15, 0.2) is 0 Å². The van der Waals surface area contributed by atoms with Gasteiger partial charge in [-0.1, -0.05) is 15.9 Å². The predicted octanol–water partition coefficient (Wildman–Crippen LogP) is 2.02. The Labute approximate surface area is 115 Å². The number of aromatic hydroxyl groups is 1. The lowest BCUT2D eigenvalue weighted by Gasteiger charge is -2.28. The number of carbonyl (C=O) groups excluding carboxylic acids is 1. The summed E-state index contributed by atoms with van der Waals surface area (Å²) in [4.78, 5) is 12.1. The van der Waals surface area contributed by atoms with E-state index in [1.807, 2.05) is 0 Å². The van der Waals surface area contributed by atoms with E-state index in [0.29, 0.717) is 11.6 Å². The number of nitrogens with one attached hydrogen (secondary N) is 2. The summed E-state index contributed by atoms with van der Waals surface area (Å²) in [5, 5.41) is 16.0. The first-order valence-electron chi connectivity index (χ1n) is 6.09. The van der Waals surface area contributed by atoms with Crippen molar-refractivity contribution in [2.24, 2.45) is 0 Å². The summed E-state index contributed by atoms with van der Waals surface area (Å²) < 4.78 is 0.782. The van der Waals surface area contributed by atoms with E-state index in [1.165, 1.54) is 6.07 Å². The van der Waals surface area contributed by atoms with Crippen LogP contribution in [0.25, 0.3) is 0 Å². The van der Waals surface area contributed by atoms with Crippen molar-refractivity contribution in [1.82, 2.24) is 10.6 Å². The van der Waals surface area contributed by atoms with Crippen LogP contribution in [0.1, 0.15) is 30.1 Å². The maximum Gasteiger partial charge on any atom is 0.255 e. The van der Waals surface area contributed by atoms with Gasteiger partial charge in [0.2, 0.25) is 0 Å². The summed E-state index contributed by atoms with van der Waals surface area (Å²) in [5.41, 5.74) is 0.315. The largest absolute Gasteiger partial charge is 0.507 e. The second-order valence-electron chi connectivity index (χ2n) is 4.71. The van der Waals surface area contributed by atoms with Crippen molar-refractivity contribution in [2.45, 2.75) is 31.8 Å². The van der Waals surface area contributed by atoms with Gasteiger partial charge in [-0.25, -0.2) is 0 Å². The quantitative estimate of drug-likeness (QED) is 0.783. The van der Waals surface area contributed by atoms with Crippen molar-refractivity contribution in [3.63, 3.8) is 0 Å². The van der Waals surface area contributed by atoms with Crippen molar-refractivity contribution < 1.29 is 9.90 Å². The van der Waals surface area contributed by atoms with Gasteiger partial charge in [0.1, 0.15) is 5.75 Å². The normalized spacial score (nSPS) is 23.7. The molecule has 1 aromatic carbocycles. The Balaban J connectivity index is 2.05. The number of hydrogen-bond acceptors (Lipinski definition) is 3. The molecule has 3 N–H and O–H groups in total. The predicted molar refractivity (Wildman–Crippen MR) is 73.8 cm³/mol. The third kappa shape index (κ3) is 3.23. The standard InChI is InChI=1S/C13H17BrN2O2/c1-8-6-10(4-5-15-8)16-13(18)11-7-9(14)2-3-12(11)17/h2-3,7-8,10,15,17H,4-6H2,1H3,(H,16,18). The summed E-state index contributed by atoms with van der Waals surface area (Å²) in [6.45, 7) is 3.02. The Bertz CT molecular complexity index is 451. The summed E-state index contributed by atoms with van der Waals surface area (Å²) in [6.07, 6.45) is 1.84. The molecule has 1 aliphatic heterocycles. The molecule has 2 atom stereocenters. The van der Waals surface area contributed by atoms with Gasteiger partial charge >= 0.3 is 0 Å². The molecule has 1 fully saturated rings. The van der Waals surface area contributed by atoms with E-state index in [0.717, 1.165) is 23.9 Å². The molecule has 18 heavy (non-hydrogen) atoms. The molecule has 1 amide bonds. The SMILES string of the molecule is CC1CC(NC(=O)c2cc(Br)ccc2O)CCN1. The maximum absolute atomic E-state index is 12.1. The van der Waals surface area contributed by atoms with Crippen LogP contribution in [0.5, 0.6) is 5.75 Å². The number of phenols is 1. The van der Waals surface area contributed by atoms with Crippen LogP contribution in [-0.4, -0.2) is 29.6 Å². The third-order valence-electron chi connectivity index (χ3n) is 3.16. The first-order chi connectivity index (χ1) is 8.56. The molecular weight excluding hydrogens is 296 g/mol. The molecule has 0 radical (unpaired) electrons. The minimum Gasteiger partial charge on any atom is -0.507 e. The lowest BCUT2D eigenvalue weighted by atomic mass is 10.00. The van der Waals surface area contributed by atoms with Crippen LogP contribution in [0.15, 0.2) is 22.7 Å². The van der Waals surface area contributed by atoms with Crippen LogP contribution >= 0.6 is 15.9 Å². The lowest BCUT2D eigenvalue weighted by molar-refractivity contribution is 0.0923. The van der Waals surface area contributed by atoms with Crippen LogP contribution in [-0.2, 0) is 0 Å². The van der Waals surface area contributed by atoms with Gasteiger partial charge < -0.3 is 15.7 Å². The number of hydrogen-bond donors (Lipinski definition) is 3. The second-order valence-corrected chi connectivity index (χ2v) is 5.63. The van der Waals surface area contributed by atoms with Crippen LogP contribution in [0, 0.1) is 0 Å². The molecule has 0 aliphatic carbocycles. The molecule has 0 spiro atoms. The molecule has 2 rings (SSSR count). The van der Waals surface area contributed by atoms with Crippen molar-refractivity contribution >= 4 is 21.8 Å². The number of halogens is 1. The van der Waals surface area contributed by atoms with Crippen molar-refractivity contribution in [2.75, 3.05) is 6.54 Å². The van der Waals surface area contributed by atoms with E-state index < -0.39 is 0 Å². The average Bonchev–Trinajstić information content (AvgIpc) is 2.32. The number of benzene rings is 1. The molecule has 1 heterocycles. The molecule has 0 saturated carbocycles. The van der Waals surface area contributed by atoms with Gasteiger partial charge in [-0.15, -0.1) is 0 Å². The van der Waals surface area contributed by atoms with Crippen LogP contribution < -0.4 is 10.6 Å². The Morgan fingerprint density at radius 1 is 1.56 bits per heavy atom. The van der Waals surface area contributed by atoms with E-state index in [9.17, 15) is 9.90 Å². The summed E-state index contributed by atoms with van der Waals surface area (Å²) in [7, 11) is 0. The van der Waals surface area contributed by atoms with E-state index in [4.69, 9.17) is 0 Å². The Hall–Kier alpha value is -1.07. The Kier molecular flexibility index (Phi) is 4.24. The fourth-order valence-corrected chi connectivity index (χ4v) is 2.58. The summed E-state index contributed by atoms with van der Waals surface area (Å²) in [6, 6.07) is 5.45. The monoisotopic (exact) mass is 312 g/mol. The van der Waals surface area contributed by atoms with Gasteiger partial charge in [-0.05, 0) is 44.5 Å². The zero-order valence-electron chi connectivity index (χ0n) is 10.2. The van der Waals surface area contributed by atoms with E-state index >= 15 is 0 Å². The maximum atomic E-state index is 12.1. The van der Waals surface area contributed by atoms with Crippen LogP contribution in [0.3, 0.4) is 0 Å². The van der Waals surface area contributed by atoms with Crippen molar-refractivity contribution in [1.29, 1.82) is 0 Å². The smallest absolute Gasteiger partial charge is 0.255 e. The first kappa shape index (κ1) is 13.4. The summed E-state index contributed by atoms with van der Waals surface area (Å²) in [5.74, 6) is -0.203. The zero-order valence-corrected chi connectivity index (χ0v) is 11.8. The molecule has 98 valence electrons. The third-order valence-corrected chi connectivity index (χ3v) is 3.66. The van der Waals surface area contributed by atoms with Crippen molar-refractivity contribution in [3.8, 4) is 5.75 Å². The second kappa shape index (κ2) is 5.71. The number of amides is 1. The highest BCUT2D eigenvalue weighted by molar-refractivity contribution is 9.10. The molecule has 0 aromatic heterocycles. The molecule has 4 nitrogen and oxygen atoms in total. The summed E-state index contributed by atoms with van der Waals surface area (Å²) >= 11 is 3.30. The van der Waals surface area contributed by atoms with Crippen molar-refractivity contribution in [3.05, 3.63) is 28.2 Å². The molecule has 1 aliphatic rings. The molecular formula is C13H17BrN2O2. The minimum absolute atomic E-state index is 0.0117. The van der Waals surface area contributed by atoms with E-state index in [-0.39, 0.29) is 17.7 Å².